The van der Waals surface area contributed by atoms with Gasteiger partial charge in [0, 0.05) is 29.5 Å². The van der Waals surface area contributed by atoms with Gasteiger partial charge in [-0.2, -0.15) is 0 Å². The van der Waals surface area contributed by atoms with Gasteiger partial charge < -0.3 is 9.57 Å². The van der Waals surface area contributed by atoms with E-state index in [2.05, 4.69) is 5.16 Å². The van der Waals surface area contributed by atoms with Crippen LogP contribution in [0.1, 0.15) is 29.3 Å². The van der Waals surface area contributed by atoms with Gasteiger partial charge in [-0.3, -0.25) is 24.6 Å². The van der Waals surface area contributed by atoms with E-state index in [4.69, 9.17) is 9.57 Å². The predicted octanol–water partition coefficient (Wildman–Crippen LogP) is 2.95. The van der Waals surface area contributed by atoms with E-state index in [1.165, 1.54) is 17.0 Å². The van der Waals surface area contributed by atoms with Crippen LogP contribution in [0.4, 0.5) is 11.4 Å². The molecule has 3 fully saturated rings. The molecule has 6 rings (SSSR count). The van der Waals surface area contributed by atoms with Crippen molar-refractivity contribution < 1.29 is 28.9 Å². The van der Waals surface area contributed by atoms with E-state index in [-0.39, 0.29) is 48.0 Å². The van der Waals surface area contributed by atoms with Gasteiger partial charge in [-0.15, -0.1) is 0 Å². The molecule has 2 heterocycles. The first-order chi connectivity index (χ1) is 16.9. The first-order valence-corrected chi connectivity index (χ1v) is 11.5. The van der Waals surface area contributed by atoms with Crippen LogP contribution < -0.4 is 4.90 Å². The van der Waals surface area contributed by atoms with Gasteiger partial charge in [0.15, 0.2) is 0 Å². The van der Waals surface area contributed by atoms with E-state index in [9.17, 15) is 24.5 Å². The van der Waals surface area contributed by atoms with Gasteiger partial charge in [0.05, 0.1) is 40.3 Å². The third-order valence-corrected chi connectivity index (χ3v) is 7.68. The lowest BCUT2D eigenvalue weighted by molar-refractivity contribution is -0.384. The normalized spacial score (nSPS) is 30.1. The van der Waals surface area contributed by atoms with E-state index >= 15 is 0 Å². The zero-order chi connectivity index (χ0) is 24.4. The van der Waals surface area contributed by atoms with Crippen molar-refractivity contribution in [2.45, 2.75) is 19.4 Å². The first-order valence-electron chi connectivity index (χ1n) is 11.5. The van der Waals surface area contributed by atoms with Crippen LogP contribution in [0, 0.1) is 39.7 Å². The highest BCUT2D eigenvalue weighted by molar-refractivity contribution is 6.23. The number of hydrogen-bond acceptors (Lipinski definition) is 8. The summed E-state index contributed by atoms with van der Waals surface area (Å²) in [6.07, 6.45) is 0.338. The fourth-order valence-electron chi connectivity index (χ4n) is 6.36. The zero-order valence-electron chi connectivity index (χ0n) is 18.7. The van der Waals surface area contributed by atoms with Gasteiger partial charge in [-0.1, -0.05) is 17.3 Å². The van der Waals surface area contributed by atoms with Crippen LogP contribution in [0.3, 0.4) is 0 Å². The third-order valence-electron chi connectivity index (χ3n) is 7.68. The van der Waals surface area contributed by atoms with Crippen molar-refractivity contribution in [3.63, 3.8) is 0 Å². The molecule has 10 nitrogen and oxygen atoms in total. The second-order valence-electron chi connectivity index (χ2n) is 9.27. The maximum absolute atomic E-state index is 13.5. The molecule has 2 aromatic carbocycles. The van der Waals surface area contributed by atoms with E-state index in [0.29, 0.717) is 28.9 Å². The number of carbonyl (C=O) groups excluding carboxylic acids is 3. The molecule has 0 unspecified atom stereocenters. The number of imide groups is 1. The Morgan fingerprint density at radius 3 is 2.51 bits per heavy atom. The van der Waals surface area contributed by atoms with Gasteiger partial charge in [-0.25, -0.2) is 4.79 Å². The number of hydrogen-bond donors (Lipinski definition) is 0. The Morgan fingerprint density at radius 1 is 1.11 bits per heavy atom. The van der Waals surface area contributed by atoms with Gasteiger partial charge in [0.25, 0.3) is 5.69 Å². The largest absolute Gasteiger partial charge is 0.462 e. The summed E-state index contributed by atoms with van der Waals surface area (Å²) < 4.78 is 4.99. The molecule has 2 aliphatic heterocycles. The van der Waals surface area contributed by atoms with Crippen LogP contribution in [0.2, 0.25) is 0 Å². The van der Waals surface area contributed by atoms with Gasteiger partial charge in [0.1, 0.15) is 6.10 Å². The number of nitro groups is 1. The summed E-state index contributed by atoms with van der Waals surface area (Å²) in [6.45, 7) is 1.97. The number of nitro benzene ring substituents is 1. The van der Waals surface area contributed by atoms with Crippen LogP contribution in [0.5, 0.6) is 0 Å². The van der Waals surface area contributed by atoms with E-state index in [1.807, 2.05) is 0 Å². The summed E-state index contributed by atoms with van der Waals surface area (Å²) in [7, 11) is 0. The Morgan fingerprint density at radius 2 is 1.83 bits per heavy atom. The average Bonchev–Trinajstić information content (AvgIpc) is 3.60. The van der Waals surface area contributed by atoms with E-state index in [0.717, 1.165) is 0 Å². The standard InChI is InChI=1S/C25H21N3O7/c1-2-34-25(31)12-6-8-14(9-7-12)27-23(29)18-16-11-17(19(18)24(27)30)22-20(16)21(26-35-22)13-4-3-5-15(10-13)28(32)33/h3-10,16-20,22H,2,11H2,1H3/t16-,17-,18-,19-,20-,22+/m1/s1. The summed E-state index contributed by atoms with van der Waals surface area (Å²) >= 11 is 0. The second-order valence-corrected chi connectivity index (χ2v) is 9.27. The Hall–Kier alpha value is -4.08. The van der Waals surface area contributed by atoms with E-state index in [1.54, 1.807) is 43.3 Å². The number of ether oxygens (including phenoxy) is 1. The summed E-state index contributed by atoms with van der Waals surface area (Å²) in [5, 5.41) is 15.5. The maximum Gasteiger partial charge on any atom is 0.338 e. The number of amides is 2. The van der Waals surface area contributed by atoms with Crippen LogP contribution in [-0.4, -0.2) is 41.1 Å². The Bertz CT molecular complexity index is 1300. The lowest BCUT2D eigenvalue weighted by Crippen LogP contribution is -2.41. The van der Waals surface area contributed by atoms with Crippen molar-refractivity contribution in [1.29, 1.82) is 0 Å². The van der Waals surface area contributed by atoms with Crippen molar-refractivity contribution in [2.24, 2.45) is 34.7 Å². The number of fused-ring (bicyclic) bond motifs is 8. The minimum atomic E-state index is -0.496. The number of carbonyl (C=O) groups is 3. The number of anilines is 1. The van der Waals surface area contributed by atoms with Gasteiger partial charge in [-0.05, 0) is 43.5 Å². The maximum atomic E-state index is 13.5. The molecular weight excluding hydrogens is 454 g/mol. The van der Waals surface area contributed by atoms with Crippen LogP contribution in [0.25, 0.3) is 0 Å². The summed E-state index contributed by atoms with van der Waals surface area (Å²) in [4.78, 5) is 56.6. The van der Waals surface area contributed by atoms with Crippen molar-refractivity contribution >= 4 is 34.9 Å². The molecule has 4 aliphatic rings. The van der Waals surface area contributed by atoms with Crippen LogP contribution in [-0.2, 0) is 19.2 Å². The van der Waals surface area contributed by atoms with Gasteiger partial charge in [0.2, 0.25) is 11.8 Å². The summed E-state index contributed by atoms with van der Waals surface area (Å²) in [5.74, 6) is -2.48. The average molecular weight is 475 g/mol. The monoisotopic (exact) mass is 475 g/mol. The Balaban J connectivity index is 1.28. The van der Waals surface area contributed by atoms with E-state index < -0.39 is 22.7 Å². The lowest BCUT2D eigenvalue weighted by atomic mass is 9.71. The first kappa shape index (κ1) is 21.5. The number of rotatable bonds is 5. The number of esters is 1. The third kappa shape index (κ3) is 3.02. The number of benzene rings is 2. The second kappa shape index (κ2) is 7.72. The highest BCUT2D eigenvalue weighted by atomic mass is 16.6. The molecule has 1 saturated heterocycles. The number of non-ortho nitro benzene ring substituents is 1. The molecule has 2 aromatic rings. The molecule has 6 atom stereocenters. The molecule has 10 heteroatoms. The Kier molecular flexibility index (Phi) is 4.73. The molecule has 2 amide bonds. The molecule has 0 radical (unpaired) electrons. The van der Waals surface area contributed by atoms with Crippen molar-refractivity contribution in [1.82, 2.24) is 0 Å². The Labute approximate surface area is 199 Å². The number of oxime groups is 1. The molecule has 0 aromatic heterocycles. The fraction of sp³-hybridized carbons (Fsp3) is 0.360. The molecule has 2 bridgehead atoms. The molecule has 0 N–H and O–H groups in total. The predicted molar refractivity (Wildman–Crippen MR) is 121 cm³/mol. The quantitative estimate of drug-likeness (QED) is 0.281. The van der Waals surface area contributed by atoms with Crippen LogP contribution in [0.15, 0.2) is 53.7 Å². The minimum Gasteiger partial charge on any atom is -0.462 e. The van der Waals surface area contributed by atoms with Crippen LogP contribution >= 0.6 is 0 Å². The molecule has 0 spiro atoms. The number of nitrogens with zero attached hydrogens (tertiary/aromatic N) is 3. The van der Waals surface area contributed by atoms with Crippen molar-refractivity contribution in [3.8, 4) is 0 Å². The molecule has 2 aliphatic carbocycles. The molecule has 35 heavy (non-hydrogen) atoms. The minimum absolute atomic E-state index is 0.0424. The smallest absolute Gasteiger partial charge is 0.338 e. The van der Waals surface area contributed by atoms with Crippen molar-refractivity contribution in [2.75, 3.05) is 11.5 Å². The lowest BCUT2D eigenvalue weighted by Gasteiger charge is -2.29. The topological polar surface area (TPSA) is 128 Å². The fourth-order valence-corrected chi connectivity index (χ4v) is 6.36. The molecule has 2 saturated carbocycles. The van der Waals surface area contributed by atoms with Crippen molar-refractivity contribution in [3.05, 3.63) is 69.8 Å². The zero-order valence-corrected chi connectivity index (χ0v) is 18.7. The SMILES string of the molecule is CCOC(=O)c1ccc(N2C(=O)[C@@H]3[C@H]4C[C@@H]([C@@H]5ON=C(c6cccc([N+](=O)[O-])c6)[C@@H]45)[C@H]3C2=O)cc1. The van der Waals surface area contributed by atoms with Gasteiger partial charge >= 0.3 is 5.97 Å². The molecular formula is C25H21N3O7. The molecule has 178 valence electrons. The summed E-state index contributed by atoms with van der Waals surface area (Å²) in [6, 6.07) is 12.5. The highest BCUT2D eigenvalue weighted by Gasteiger charge is 2.70. The summed E-state index contributed by atoms with van der Waals surface area (Å²) in [5.41, 5.74) is 1.91. The highest BCUT2D eigenvalue weighted by Crippen LogP contribution is 2.62.